The number of aryl methyl sites for hydroxylation is 1. The minimum atomic E-state index is -0.561. The van der Waals surface area contributed by atoms with E-state index in [9.17, 15) is 9.59 Å². The van der Waals surface area contributed by atoms with E-state index in [1.807, 2.05) is 63.2 Å². The molecule has 142 valence electrons. The van der Waals surface area contributed by atoms with Crippen molar-refractivity contribution in [3.63, 3.8) is 0 Å². The molecule has 0 saturated heterocycles. The monoisotopic (exact) mass is 365 g/mol. The lowest BCUT2D eigenvalue weighted by Crippen LogP contribution is -2.53. The predicted octanol–water partition coefficient (Wildman–Crippen LogP) is 3.41. The van der Waals surface area contributed by atoms with E-state index >= 15 is 0 Å². The Kier molecular flexibility index (Phi) is 5.79. The predicted molar refractivity (Wildman–Crippen MR) is 108 cm³/mol. The van der Waals surface area contributed by atoms with Crippen molar-refractivity contribution in [1.29, 1.82) is 0 Å². The van der Waals surface area contributed by atoms with Gasteiger partial charge in [-0.25, -0.2) is 4.79 Å². The smallest absolute Gasteiger partial charge is 0.315 e. The average Bonchev–Trinajstić information content (AvgIpc) is 3.09. The lowest BCUT2D eigenvalue weighted by Gasteiger charge is -2.27. The van der Waals surface area contributed by atoms with Gasteiger partial charge in [0.05, 0.1) is 0 Å². The maximum atomic E-state index is 13.1. The fraction of sp³-hybridized carbons (Fsp3) is 0.364. The van der Waals surface area contributed by atoms with Crippen LogP contribution in [0.1, 0.15) is 30.5 Å². The Hall–Kier alpha value is -2.82. The first-order chi connectivity index (χ1) is 13.0. The second-order valence-corrected chi connectivity index (χ2v) is 7.40. The van der Waals surface area contributed by atoms with Gasteiger partial charge in [0.1, 0.15) is 6.04 Å². The zero-order valence-corrected chi connectivity index (χ0v) is 16.2. The Labute approximate surface area is 160 Å². The van der Waals surface area contributed by atoms with Crippen LogP contribution in [0.25, 0.3) is 0 Å². The zero-order chi connectivity index (χ0) is 19.4. The summed E-state index contributed by atoms with van der Waals surface area (Å²) in [4.78, 5) is 27.2. The number of nitrogens with zero attached hydrogens (tertiary/aromatic N) is 1. The summed E-state index contributed by atoms with van der Waals surface area (Å²) in [6, 6.07) is 15.1. The summed E-state index contributed by atoms with van der Waals surface area (Å²) in [7, 11) is 0. The number of hydrogen-bond donors (Lipinski definition) is 2. The first-order valence-corrected chi connectivity index (χ1v) is 9.45. The molecule has 0 radical (unpaired) electrons. The molecule has 0 spiro atoms. The second kappa shape index (κ2) is 8.25. The van der Waals surface area contributed by atoms with Crippen LogP contribution < -0.4 is 15.5 Å². The highest BCUT2D eigenvalue weighted by molar-refractivity contribution is 6.00. The van der Waals surface area contributed by atoms with E-state index in [4.69, 9.17) is 0 Å². The summed E-state index contributed by atoms with van der Waals surface area (Å²) in [5.41, 5.74) is 4.34. The third-order valence-corrected chi connectivity index (χ3v) is 4.95. The van der Waals surface area contributed by atoms with E-state index in [1.165, 1.54) is 11.1 Å². The molecule has 0 unspecified atom stereocenters. The number of para-hydroxylation sites is 1. The highest BCUT2D eigenvalue weighted by Crippen LogP contribution is 2.28. The summed E-state index contributed by atoms with van der Waals surface area (Å²) in [6.07, 6.45) is 0.854. The first kappa shape index (κ1) is 19.0. The lowest BCUT2D eigenvalue weighted by atomic mass is 10.0. The number of carbonyl (C=O) groups is 2. The van der Waals surface area contributed by atoms with Crippen molar-refractivity contribution in [2.45, 2.75) is 39.8 Å². The number of rotatable bonds is 5. The van der Waals surface area contributed by atoms with Crippen LogP contribution in [0.4, 0.5) is 10.5 Å². The summed E-state index contributed by atoms with van der Waals surface area (Å²) >= 11 is 0. The van der Waals surface area contributed by atoms with Gasteiger partial charge in [0.25, 0.3) is 0 Å². The van der Waals surface area contributed by atoms with Crippen LogP contribution >= 0.6 is 0 Å². The fourth-order valence-corrected chi connectivity index (χ4v) is 3.33. The van der Waals surface area contributed by atoms with Crippen LogP contribution in [0.2, 0.25) is 0 Å². The van der Waals surface area contributed by atoms with Crippen molar-refractivity contribution in [3.05, 3.63) is 65.2 Å². The summed E-state index contributed by atoms with van der Waals surface area (Å²) in [5.74, 6) is -0.0594. The van der Waals surface area contributed by atoms with Gasteiger partial charge in [-0.1, -0.05) is 61.9 Å². The molecular weight excluding hydrogens is 338 g/mol. The summed E-state index contributed by atoms with van der Waals surface area (Å²) in [5, 5.41) is 5.71. The Morgan fingerprint density at radius 2 is 1.78 bits per heavy atom. The molecule has 2 aromatic rings. The molecule has 1 aliphatic heterocycles. The van der Waals surface area contributed by atoms with E-state index in [-0.39, 0.29) is 17.9 Å². The molecule has 0 aromatic heterocycles. The molecule has 0 fully saturated rings. The Morgan fingerprint density at radius 1 is 1.07 bits per heavy atom. The van der Waals surface area contributed by atoms with Crippen LogP contribution in [0.5, 0.6) is 0 Å². The number of hydrogen-bond acceptors (Lipinski definition) is 2. The topological polar surface area (TPSA) is 61.4 Å². The first-order valence-electron chi connectivity index (χ1n) is 9.45. The van der Waals surface area contributed by atoms with Crippen molar-refractivity contribution >= 4 is 17.6 Å². The third-order valence-electron chi connectivity index (χ3n) is 4.95. The molecule has 1 atom stereocenters. The van der Waals surface area contributed by atoms with Gasteiger partial charge in [-0.15, -0.1) is 0 Å². The van der Waals surface area contributed by atoms with Gasteiger partial charge in [0.15, 0.2) is 0 Å². The second-order valence-electron chi connectivity index (χ2n) is 7.40. The number of benzene rings is 2. The van der Waals surface area contributed by atoms with Crippen molar-refractivity contribution < 1.29 is 9.59 Å². The highest BCUT2D eigenvalue weighted by Gasteiger charge is 2.32. The molecule has 2 aromatic carbocycles. The van der Waals surface area contributed by atoms with Crippen LogP contribution in [-0.2, 0) is 17.8 Å². The van der Waals surface area contributed by atoms with Gasteiger partial charge >= 0.3 is 6.03 Å². The summed E-state index contributed by atoms with van der Waals surface area (Å²) < 4.78 is 0. The largest absolute Gasteiger partial charge is 0.334 e. The summed E-state index contributed by atoms with van der Waals surface area (Å²) in [6.45, 7) is 7.01. The van der Waals surface area contributed by atoms with Gasteiger partial charge < -0.3 is 15.5 Å². The fourth-order valence-electron chi connectivity index (χ4n) is 3.33. The molecule has 0 bridgehead atoms. The number of urea groups is 1. The van der Waals surface area contributed by atoms with Crippen molar-refractivity contribution in [2.24, 2.45) is 5.92 Å². The Morgan fingerprint density at radius 3 is 2.48 bits per heavy atom. The third kappa shape index (κ3) is 4.48. The number of anilines is 1. The maximum absolute atomic E-state index is 13.1. The van der Waals surface area contributed by atoms with Crippen LogP contribution in [0, 0.1) is 12.8 Å². The Balaban J connectivity index is 1.62. The van der Waals surface area contributed by atoms with E-state index in [0.717, 1.165) is 17.7 Å². The van der Waals surface area contributed by atoms with E-state index in [2.05, 4.69) is 16.7 Å². The minimum absolute atomic E-state index is 0.00427. The lowest BCUT2D eigenvalue weighted by molar-refractivity contribution is -0.121. The number of fused-ring (bicyclic) bond motifs is 1. The molecule has 2 N–H and O–H groups in total. The highest BCUT2D eigenvalue weighted by atomic mass is 16.2. The van der Waals surface area contributed by atoms with Crippen molar-refractivity contribution in [3.8, 4) is 0 Å². The van der Waals surface area contributed by atoms with E-state index < -0.39 is 6.04 Å². The van der Waals surface area contributed by atoms with E-state index in [0.29, 0.717) is 13.1 Å². The van der Waals surface area contributed by atoms with Crippen molar-refractivity contribution in [1.82, 2.24) is 10.6 Å². The number of nitrogens with one attached hydrogen (secondary N) is 2. The molecule has 0 saturated carbocycles. The van der Waals surface area contributed by atoms with Crippen LogP contribution in [-0.4, -0.2) is 24.5 Å². The van der Waals surface area contributed by atoms with Gasteiger partial charge in [-0.3, -0.25) is 4.79 Å². The minimum Gasteiger partial charge on any atom is -0.334 e. The molecule has 3 amide bonds. The molecule has 1 heterocycles. The van der Waals surface area contributed by atoms with Crippen LogP contribution in [0.3, 0.4) is 0 Å². The standard InChI is InChI=1S/C22H27N3O2/c1-15(2)20(21(26)25-13-12-18-6-4-5-7-19(18)25)24-22(27)23-14-17-10-8-16(3)9-11-17/h4-11,15,20H,12-14H2,1-3H3,(H2,23,24,27)/t20-/m0/s1. The number of carbonyl (C=O) groups excluding carboxylic acids is 2. The zero-order valence-electron chi connectivity index (χ0n) is 16.2. The van der Waals surface area contributed by atoms with Gasteiger partial charge in [-0.05, 0) is 36.5 Å². The van der Waals surface area contributed by atoms with Gasteiger partial charge in [-0.2, -0.15) is 0 Å². The molecule has 3 rings (SSSR count). The Bertz CT molecular complexity index is 815. The quantitative estimate of drug-likeness (QED) is 0.853. The van der Waals surface area contributed by atoms with Gasteiger partial charge in [0.2, 0.25) is 5.91 Å². The molecule has 1 aliphatic rings. The van der Waals surface area contributed by atoms with E-state index in [1.54, 1.807) is 4.90 Å². The normalized spacial score (nSPS) is 14.0. The SMILES string of the molecule is Cc1ccc(CNC(=O)N[C@H](C(=O)N2CCc3ccccc32)C(C)C)cc1. The molecular formula is C22H27N3O2. The molecule has 5 nitrogen and oxygen atoms in total. The molecule has 0 aliphatic carbocycles. The van der Waals surface area contributed by atoms with Crippen LogP contribution in [0.15, 0.2) is 48.5 Å². The maximum Gasteiger partial charge on any atom is 0.315 e. The molecule has 27 heavy (non-hydrogen) atoms. The molecule has 5 heteroatoms. The van der Waals surface area contributed by atoms with Gasteiger partial charge in [0, 0.05) is 18.8 Å². The van der Waals surface area contributed by atoms with Crippen molar-refractivity contribution in [2.75, 3.05) is 11.4 Å². The number of amides is 3. The average molecular weight is 365 g/mol.